The van der Waals surface area contributed by atoms with Crippen molar-refractivity contribution < 1.29 is 26.5 Å². The third-order valence-corrected chi connectivity index (χ3v) is 6.23. The van der Waals surface area contributed by atoms with Crippen LogP contribution in [0.3, 0.4) is 0 Å². The van der Waals surface area contributed by atoms with Crippen LogP contribution in [0.1, 0.15) is 34.0 Å². The number of allylic oxidation sites excluding steroid dienone is 2. The van der Waals surface area contributed by atoms with Gasteiger partial charge < -0.3 is 14.7 Å². The Morgan fingerprint density at radius 2 is 1.76 bits per heavy atom. The molecular weight excluding hydrogens is 503 g/mol. The molecule has 0 saturated carbocycles. The molecule has 3 aromatic carbocycles. The summed E-state index contributed by atoms with van der Waals surface area (Å²) >= 11 is 0. The fourth-order valence-corrected chi connectivity index (χ4v) is 4.25. The number of aromatic nitrogens is 2. The lowest BCUT2D eigenvalue weighted by atomic mass is 9.93. The monoisotopic (exact) mass is 524 g/mol. The summed E-state index contributed by atoms with van der Waals surface area (Å²) < 4.78 is 74.0. The Morgan fingerprint density at radius 3 is 2.45 bits per heavy atom. The molecule has 5 nitrogen and oxygen atoms in total. The third kappa shape index (κ3) is 4.89. The second-order valence-electron chi connectivity index (χ2n) is 8.73. The lowest BCUT2D eigenvalue weighted by molar-refractivity contribution is -0.137. The highest BCUT2D eigenvalue weighted by molar-refractivity contribution is 6.08. The minimum atomic E-state index is -4.67. The highest BCUT2D eigenvalue weighted by Gasteiger charge is 2.32. The van der Waals surface area contributed by atoms with Crippen LogP contribution in [0.2, 0.25) is 0 Å². The van der Waals surface area contributed by atoms with Crippen LogP contribution < -0.4 is 10.2 Å². The van der Waals surface area contributed by atoms with Gasteiger partial charge in [-0.3, -0.25) is 0 Å². The number of nitrogens with one attached hydrogen (secondary N) is 1. The van der Waals surface area contributed by atoms with Crippen LogP contribution in [0, 0.1) is 11.6 Å². The Balaban J connectivity index is 1.54. The normalized spacial score (nSPS) is 13.4. The summed E-state index contributed by atoms with van der Waals surface area (Å²) in [7, 11) is 1.55. The molecule has 0 amide bonds. The molecule has 5 rings (SSSR count). The Morgan fingerprint density at radius 1 is 1.00 bits per heavy atom. The van der Waals surface area contributed by atoms with Gasteiger partial charge in [0.1, 0.15) is 11.6 Å². The zero-order chi connectivity index (χ0) is 27.0. The van der Waals surface area contributed by atoms with Crippen LogP contribution >= 0.6 is 0 Å². The van der Waals surface area contributed by atoms with Crippen molar-refractivity contribution in [3.8, 4) is 0 Å². The zero-order valence-electron chi connectivity index (χ0n) is 20.1. The van der Waals surface area contributed by atoms with E-state index in [0.29, 0.717) is 40.8 Å². The zero-order valence-corrected chi connectivity index (χ0v) is 20.1. The largest absolute Gasteiger partial charge is 0.416 e. The maximum absolute atomic E-state index is 14.8. The summed E-state index contributed by atoms with van der Waals surface area (Å²) in [4.78, 5) is 6.06. The fraction of sp³-hybridized carbons (Fsp3) is 0.143. The summed E-state index contributed by atoms with van der Waals surface area (Å²) in [6, 6.07) is 14.7. The Labute approximate surface area is 214 Å². The maximum Gasteiger partial charge on any atom is 0.416 e. The lowest BCUT2D eigenvalue weighted by Gasteiger charge is -2.31. The third-order valence-electron chi connectivity index (χ3n) is 6.23. The number of alkyl halides is 3. The summed E-state index contributed by atoms with van der Waals surface area (Å²) in [5, 5.41) is 6.82. The summed E-state index contributed by atoms with van der Waals surface area (Å²) in [5.74, 6) is -1.00. The predicted octanol–water partition coefficient (Wildman–Crippen LogP) is 7.07. The van der Waals surface area contributed by atoms with Crippen molar-refractivity contribution in [2.45, 2.75) is 19.1 Å². The van der Waals surface area contributed by atoms with E-state index in [9.17, 15) is 22.0 Å². The van der Waals surface area contributed by atoms with E-state index >= 15 is 0 Å². The van der Waals surface area contributed by atoms with Crippen molar-refractivity contribution in [1.29, 1.82) is 0 Å². The van der Waals surface area contributed by atoms with Crippen molar-refractivity contribution in [3.63, 3.8) is 0 Å². The number of hydrogen-bond donors (Lipinski definition) is 1. The molecule has 2 heterocycles. The molecule has 10 heteroatoms. The maximum atomic E-state index is 14.8. The topological polar surface area (TPSA) is 54.2 Å². The Kier molecular flexibility index (Phi) is 6.48. The quantitative estimate of drug-likeness (QED) is 0.274. The molecule has 0 unspecified atom stereocenters. The first-order chi connectivity index (χ1) is 18.1. The standard InChI is InChI=1S/C28H21F5N4O/c1-16-20-12-23(30)24(34-2)13-25(20)37(14-18-8-9-19(11-22(18)29)28(31,32)33)15-21(16)27-35-26(38-36-27)10-17-6-4-3-5-7-17/h3-9,11-13,15,34H,1,10,14H2,2H3. The van der Waals surface area contributed by atoms with E-state index in [1.54, 1.807) is 18.1 Å². The van der Waals surface area contributed by atoms with Crippen molar-refractivity contribution in [1.82, 2.24) is 10.1 Å². The van der Waals surface area contributed by atoms with E-state index in [1.165, 1.54) is 12.1 Å². The molecule has 1 aliphatic heterocycles. The van der Waals surface area contributed by atoms with Crippen LogP contribution in [0.4, 0.5) is 33.3 Å². The molecule has 4 aromatic rings. The van der Waals surface area contributed by atoms with Gasteiger partial charge in [0.2, 0.25) is 11.7 Å². The molecule has 1 aromatic heterocycles. The first-order valence-electron chi connectivity index (χ1n) is 11.6. The van der Waals surface area contributed by atoms with Gasteiger partial charge in [0.05, 0.1) is 29.9 Å². The average molecular weight is 524 g/mol. The number of fused-ring (bicyclic) bond motifs is 1. The molecular formula is C28H21F5N4O. The number of hydrogen-bond acceptors (Lipinski definition) is 5. The molecule has 0 saturated heterocycles. The van der Waals surface area contributed by atoms with E-state index in [1.807, 2.05) is 30.3 Å². The number of anilines is 2. The SMILES string of the molecule is C=C1C(c2noc(Cc3ccccc3)n2)=CN(Cc2ccc(C(F)(F)F)cc2F)c2cc(NC)c(F)cc21. The number of rotatable bonds is 6. The first kappa shape index (κ1) is 25.2. The van der Waals surface area contributed by atoms with Crippen molar-refractivity contribution in [2.24, 2.45) is 0 Å². The van der Waals surface area contributed by atoms with Gasteiger partial charge in [-0.1, -0.05) is 48.1 Å². The lowest BCUT2D eigenvalue weighted by Crippen LogP contribution is -2.22. The van der Waals surface area contributed by atoms with Gasteiger partial charge in [-0.15, -0.1) is 0 Å². The molecule has 0 bridgehead atoms. The molecule has 38 heavy (non-hydrogen) atoms. The van der Waals surface area contributed by atoms with E-state index in [2.05, 4.69) is 22.0 Å². The van der Waals surface area contributed by atoms with E-state index in [-0.39, 0.29) is 23.6 Å². The fourth-order valence-electron chi connectivity index (χ4n) is 4.25. The molecule has 194 valence electrons. The second-order valence-corrected chi connectivity index (χ2v) is 8.73. The van der Waals surface area contributed by atoms with Gasteiger partial charge in [-0.25, -0.2) is 8.78 Å². The van der Waals surface area contributed by atoms with Crippen LogP contribution in [-0.2, 0) is 19.1 Å². The molecule has 0 atom stereocenters. The average Bonchev–Trinajstić information content (AvgIpc) is 3.34. The Hall–Kier alpha value is -4.47. The van der Waals surface area contributed by atoms with Crippen molar-refractivity contribution >= 4 is 22.5 Å². The van der Waals surface area contributed by atoms with E-state index in [0.717, 1.165) is 17.7 Å². The van der Waals surface area contributed by atoms with Crippen LogP contribution in [-0.4, -0.2) is 17.2 Å². The molecule has 0 radical (unpaired) electrons. The van der Waals surface area contributed by atoms with Crippen LogP contribution in [0.5, 0.6) is 0 Å². The van der Waals surface area contributed by atoms with Gasteiger partial charge in [0.25, 0.3) is 0 Å². The van der Waals surface area contributed by atoms with Gasteiger partial charge in [0.15, 0.2) is 0 Å². The second kappa shape index (κ2) is 9.77. The predicted molar refractivity (Wildman–Crippen MR) is 134 cm³/mol. The molecule has 1 aliphatic rings. The summed E-state index contributed by atoms with van der Waals surface area (Å²) in [6.45, 7) is 3.96. The smallest absolute Gasteiger partial charge is 0.386 e. The van der Waals surface area contributed by atoms with E-state index < -0.39 is 23.4 Å². The van der Waals surface area contributed by atoms with Crippen LogP contribution in [0.15, 0.2) is 78.0 Å². The molecule has 1 N–H and O–H groups in total. The van der Waals surface area contributed by atoms with Crippen LogP contribution in [0.25, 0.3) is 11.1 Å². The molecule has 0 spiro atoms. The van der Waals surface area contributed by atoms with Crippen molar-refractivity contribution in [2.75, 3.05) is 17.3 Å². The van der Waals surface area contributed by atoms with Gasteiger partial charge in [0, 0.05) is 29.9 Å². The van der Waals surface area contributed by atoms with Crippen molar-refractivity contribution in [3.05, 3.63) is 119 Å². The van der Waals surface area contributed by atoms with E-state index in [4.69, 9.17) is 4.52 Å². The molecule has 0 aliphatic carbocycles. The highest BCUT2D eigenvalue weighted by Crippen LogP contribution is 2.43. The number of halogens is 5. The summed E-state index contributed by atoms with van der Waals surface area (Å²) in [5.41, 5.74) is 1.79. The number of benzene rings is 3. The summed E-state index contributed by atoms with van der Waals surface area (Å²) in [6.07, 6.45) is -2.67. The van der Waals surface area contributed by atoms with Gasteiger partial charge in [-0.2, -0.15) is 18.2 Å². The first-order valence-corrected chi connectivity index (χ1v) is 11.6. The Bertz CT molecular complexity index is 1540. The number of nitrogens with zero attached hydrogens (tertiary/aromatic N) is 3. The molecule has 0 fully saturated rings. The van der Waals surface area contributed by atoms with Gasteiger partial charge >= 0.3 is 6.18 Å². The van der Waals surface area contributed by atoms with Gasteiger partial charge in [-0.05, 0) is 35.4 Å². The minimum absolute atomic E-state index is 0.0141. The highest BCUT2D eigenvalue weighted by atomic mass is 19.4. The minimum Gasteiger partial charge on any atom is -0.386 e.